The molecule has 1 aromatic carbocycles. The molecule has 0 spiro atoms. The smallest absolute Gasteiger partial charge is 0.227 e. The number of hydrogen-bond donors (Lipinski definition) is 0. The first kappa shape index (κ1) is 17.6. The summed E-state index contributed by atoms with van der Waals surface area (Å²) < 4.78 is 0. The number of hydrogen-bond acceptors (Lipinski definition) is 5. The van der Waals surface area contributed by atoms with Crippen LogP contribution in [0.5, 0.6) is 0 Å². The van der Waals surface area contributed by atoms with Crippen LogP contribution in [-0.4, -0.2) is 47.0 Å². The molecule has 1 saturated heterocycles. The number of benzene rings is 1. The lowest BCUT2D eigenvalue weighted by atomic mass is 10.1. The molecule has 1 aliphatic carbocycles. The number of aryl methyl sites for hydroxylation is 3. The van der Waals surface area contributed by atoms with E-state index in [4.69, 9.17) is 0 Å². The molecule has 0 atom stereocenters. The van der Waals surface area contributed by atoms with Gasteiger partial charge in [-0.05, 0) is 42.9 Å². The van der Waals surface area contributed by atoms with E-state index in [1.165, 1.54) is 34.2 Å². The maximum absolute atomic E-state index is 12.8. The second-order valence-corrected chi connectivity index (χ2v) is 8.79. The van der Waals surface area contributed by atoms with E-state index in [9.17, 15) is 4.79 Å². The van der Waals surface area contributed by atoms with Crippen LogP contribution in [0.4, 0.5) is 5.82 Å². The van der Waals surface area contributed by atoms with Crippen LogP contribution in [0.25, 0.3) is 10.2 Å². The molecule has 0 unspecified atom stereocenters. The molecule has 6 heteroatoms. The first-order valence-electron chi connectivity index (χ1n) is 10.0. The van der Waals surface area contributed by atoms with E-state index in [-0.39, 0.29) is 5.91 Å². The third-order valence-corrected chi connectivity index (χ3v) is 7.22. The summed E-state index contributed by atoms with van der Waals surface area (Å²) in [5.74, 6) is 1.29. The number of amides is 1. The molecule has 1 fully saturated rings. The van der Waals surface area contributed by atoms with E-state index in [0.29, 0.717) is 6.42 Å². The number of carbonyl (C=O) groups excluding carboxylic acids is 1. The predicted molar refractivity (Wildman–Crippen MR) is 113 cm³/mol. The first-order chi connectivity index (χ1) is 13.7. The molecule has 0 saturated carbocycles. The Hall–Kier alpha value is -2.47. The predicted octanol–water partition coefficient (Wildman–Crippen LogP) is 3.38. The highest BCUT2D eigenvalue weighted by Crippen LogP contribution is 2.40. The number of aromatic nitrogens is 2. The molecule has 3 heterocycles. The van der Waals surface area contributed by atoms with Crippen LogP contribution in [0.3, 0.4) is 0 Å². The molecule has 1 aliphatic heterocycles. The summed E-state index contributed by atoms with van der Waals surface area (Å²) in [5, 5.41) is 1.26. The number of fused-ring (bicyclic) bond motifs is 3. The van der Waals surface area contributed by atoms with Crippen molar-refractivity contribution in [1.29, 1.82) is 0 Å². The SMILES string of the molecule is Cc1ccccc1CC(=O)N1CCN(c2ncnc3sc4c(c23)CCC4)CC1. The van der Waals surface area contributed by atoms with Crippen LogP contribution >= 0.6 is 11.3 Å². The van der Waals surface area contributed by atoms with Gasteiger partial charge in [-0.3, -0.25) is 4.79 Å². The number of rotatable bonds is 3. The van der Waals surface area contributed by atoms with Gasteiger partial charge in [-0.15, -0.1) is 11.3 Å². The van der Waals surface area contributed by atoms with Crippen LogP contribution < -0.4 is 4.90 Å². The van der Waals surface area contributed by atoms with E-state index in [1.807, 2.05) is 28.4 Å². The average molecular weight is 393 g/mol. The second kappa shape index (κ2) is 7.17. The summed E-state index contributed by atoms with van der Waals surface area (Å²) in [6, 6.07) is 8.15. The molecule has 0 radical (unpaired) electrons. The summed E-state index contributed by atoms with van der Waals surface area (Å²) in [6.45, 7) is 5.23. The van der Waals surface area contributed by atoms with Gasteiger partial charge in [-0.2, -0.15) is 0 Å². The third-order valence-electron chi connectivity index (χ3n) is 6.02. The number of piperazine rings is 1. The fourth-order valence-electron chi connectivity index (χ4n) is 4.40. The molecule has 5 rings (SSSR count). The Morgan fingerprint density at radius 3 is 2.75 bits per heavy atom. The lowest BCUT2D eigenvalue weighted by Crippen LogP contribution is -2.49. The van der Waals surface area contributed by atoms with Gasteiger partial charge in [0, 0.05) is 31.1 Å². The normalized spacial score (nSPS) is 16.6. The Kier molecular flexibility index (Phi) is 4.51. The molecule has 0 N–H and O–H groups in total. The second-order valence-electron chi connectivity index (χ2n) is 7.71. The van der Waals surface area contributed by atoms with Gasteiger partial charge < -0.3 is 9.80 Å². The summed E-state index contributed by atoms with van der Waals surface area (Å²) in [4.78, 5) is 28.9. The highest BCUT2D eigenvalue weighted by molar-refractivity contribution is 7.19. The van der Waals surface area contributed by atoms with Crippen LogP contribution in [0.15, 0.2) is 30.6 Å². The summed E-state index contributed by atoms with van der Waals surface area (Å²) >= 11 is 1.83. The Morgan fingerprint density at radius 2 is 1.93 bits per heavy atom. The molecule has 2 aliphatic rings. The highest BCUT2D eigenvalue weighted by atomic mass is 32.1. The van der Waals surface area contributed by atoms with Crippen molar-refractivity contribution in [2.24, 2.45) is 0 Å². The molecule has 28 heavy (non-hydrogen) atoms. The molecular weight excluding hydrogens is 368 g/mol. The number of thiophene rings is 1. The van der Waals surface area contributed by atoms with Gasteiger partial charge in [0.25, 0.3) is 0 Å². The Morgan fingerprint density at radius 1 is 1.11 bits per heavy atom. The van der Waals surface area contributed by atoms with Crippen LogP contribution in [-0.2, 0) is 24.1 Å². The van der Waals surface area contributed by atoms with Crippen molar-refractivity contribution < 1.29 is 4.79 Å². The van der Waals surface area contributed by atoms with Crippen molar-refractivity contribution in [2.45, 2.75) is 32.6 Å². The van der Waals surface area contributed by atoms with Crippen LogP contribution in [0.2, 0.25) is 0 Å². The van der Waals surface area contributed by atoms with Gasteiger partial charge in [0.1, 0.15) is 17.0 Å². The van der Waals surface area contributed by atoms with Gasteiger partial charge >= 0.3 is 0 Å². The molecule has 0 bridgehead atoms. The number of anilines is 1. The van der Waals surface area contributed by atoms with E-state index in [1.54, 1.807) is 6.33 Å². The summed E-state index contributed by atoms with van der Waals surface area (Å²) in [6.07, 6.45) is 5.75. The Labute approximate surface area is 169 Å². The minimum atomic E-state index is 0.221. The van der Waals surface area contributed by atoms with Crippen molar-refractivity contribution >= 4 is 33.3 Å². The topological polar surface area (TPSA) is 49.3 Å². The zero-order valence-electron chi connectivity index (χ0n) is 16.1. The molecule has 3 aromatic rings. The van der Waals surface area contributed by atoms with Crippen LogP contribution in [0, 0.1) is 6.92 Å². The third kappa shape index (κ3) is 3.05. The van der Waals surface area contributed by atoms with E-state index in [0.717, 1.165) is 48.8 Å². The molecule has 144 valence electrons. The fourth-order valence-corrected chi connectivity index (χ4v) is 5.63. The minimum Gasteiger partial charge on any atom is -0.352 e. The van der Waals surface area contributed by atoms with Gasteiger partial charge in [0.15, 0.2) is 0 Å². The van der Waals surface area contributed by atoms with Crippen molar-refractivity contribution in [3.63, 3.8) is 0 Å². The molecular formula is C22H24N4OS. The molecule has 2 aromatic heterocycles. The number of nitrogens with zero attached hydrogens (tertiary/aromatic N) is 4. The first-order valence-corrected chi connectivity index (χ1v) is 10.8. The van der Waals surface area contributed by atoms with Crippen molar-refractivity contribution in [1.82, 2.24) is 14.9 Å². The van der Waals surface area contributed by atoms with Crippen LogP contribution in [0.1, 0.15) is 28.0 Å². The zero-order chi connectivity index (χ0) is 19.1. The lowest BCUT2D eigenvalue weighted by Gasteiger charge is -2.36. The largest absolute Gasteiger partial charge is 0.352 e. The number of carbonyl (C=O) groups is 1. The van der Waals surface area contributed by atoms with Gasteiger partial charge in [0.2, 0.25) is 5.91 Å². The zero-order valence-corrected chi connectivity index (χ0v) is 17.0. The quantitative estimate of drug-likeness (QED) is 0.686. The van der Waals surface area contributed by atoms with E-state index >= 15 is 0 Å². The molecule has 1 amide bonds. The van der Waals surface area contributed by atoms with Gasteiger partial charge in [-0.25, -0.2) is 9.97 Å². The fraction of sp³-hybridized carbons (Fsp3) is 0.409. The summed E-state index contributed by atoms with van der Waals surface area (Å²) in [7, 11) is 0. The van der Waals surface area contributed by atoms with Crippen molar-refractivity contribution in [2.75, 3.05) is 31.1 Å². The Balaban J connectivity index is 1.31. The molecule has 5 nitrogen and oxygen atoms in total. The Bertz CT molecular complexity index is 1040. The average Bonchev–Trinajstić information content (AvgIpc) is 3.31. The van der Waals surface area contributed by atoms with Crippen molar-refractivity contribution in [3.8, 4) is 0 Å². The maximum atomic E-state index is 12.8. The van der Waals surface area contributed by atoms with Gasteiger partial charge in [-0.1, -0.05) is 24.3 Å². The lowest BCUT2D eigenvalue weighted by molar-refractivity contribution is -0.130. The monoisotopic (exact) mass is 392 g/mol. The van der Waals surface area contributed by atoms with Gasteiger partial charge in [0.05, 0.1) is 11.8 Å². The maximum Gasteiger partial charge on any atom is 0.227 e. The minimum absolute atomic E-state index is 0.221. The van der Waals surface area contributed by atoms with E-state index in [2.05, 4.69) is 33.9 Å². The van der Waals surface area contributed by atoms with Crippen molar-refractivity contribution in [3.05, 3.63) is 52.2 Å². The summed E-state index contributed by atoms with van der Waals surface area (Å²) in [5.41, 5.74) is 3.78. The van der Waals surface area contributed by atoms with E-state index < -0.39 is 0 Å². The standard InChI is InChI=1S/C22H24N4OS/c1-15-5-2-3-6-16(15)13-19(27)25-9-11-26(12-10-25)21-20-17-7-4-8-18(17)28-22(20)24-14-23-21/h2-3,5-6,14H,4,7-13H2,1H3. The highest BCUT2D eigenvalue weighted by Gasteiger charge is 2.27.